The molecule has 1 fully saturated rings. The average Bonchev–Trinajstić information content (AvgIpc) is 2.62. The molecule has 0 saturated heterocycles. The Morgan fingerprint density at radius 1 is 1.42 bits per heavy atom. The maximum atomic E-state index is 4.34. The normalized spacial score (nSPS) is 26.6. The summed E-state index contributed by atoms with van der Waals surface area (Å²) in [6.07, 6.45) is 5.29. The molecule has 0 atom stereocenters. The minimum atomic E-state index is 0.316. The van der Waals surface area contributed by atoms with Crippen LogP contribution in [0.3, 0.4) is 0 Å². The lowest BCUT2D eigenvalue weighted by atomic mass is 10.0. The van der Waals surface area contributed by atoms with E-state index in [-0.39, 0.29) is 0 Å². The Balaban J connectivity index is 1.92. The van der Waals surface area contributed by atoms with Crippen LogP contribution in [0.4, 0.5) is 0 Å². The monoisotopic (exact) mass is 167 g/mol. The summed E-state index contributed by atoms with van der Waals surface area (Å²) in [5, 5.41) is 6.74. The molecule has 0 aromatic carbocycles. The lowest BCUT2D eigenvalue weighted by Crippen LogP contribution is -2.47. The topological polar surface area (TPSA) is 36.4 Å². The SMILES string of the molecule is CC1(NC2=NCCN2)CCCC1. The van der Waals surface area contributed by atoms with Gasteiger partial charge in [-0.15, -0.1) is 0 Å². The van der Waals surface area contributed by atoms with Gasteiger partial charge in [-0.25, -0.2) is 0 Å². The summed E-state index contributed by atoms with van der Waals surface area (Å²) in [4.78, 5) is 4.34. The molecule has 0 radical (unpaired) electrons. The maximum absolute atomic E-state index is 4.34. The van der Waals surface area contributed by atoms with Crippen molar-refractivity contribution in [3.05, 3.63) is 0 Å². The molecule has 2 aliphatic rings. The lowest BCUT2D eigenvalue weighted by molar-refractivity contribution is 0.428. The van der Waals surface area contributed by atoms with Crippen LogP contribution in [0.25, 0.3) is 0 Å². The highest BCUT2D eigenvalue weighted by Crippen LogP contribution is 2.28. The summed E-state index contributed by atoms with van der Waals surface area (Å²) in [5.74, 6) is 1.01. The van der Waals surface area contributed by atoms with Crippen molar-refractivity contribution in [3.63, 3.8) is 0 Å². The zero-order valence-electron chi connectivity index (χ0n) is 7.69. The summed E-state index contributed by atoms with van der Waals surface area (Å²) in [7, 11) is 0. The highest BCUT2D eigenvalue weighted by atomic mass is 15.2. The Hall–Kier alpha value is -0.730. The molecule has 0 aromatic heterocycles. The first-order chi connectivity index (χ1) is 5.79. The van der Waals surface area contributed by atoms with Crippen LogP contribution in [0.15, 0.2) is 4.99 Å². The first kappa shape index (κ1) is 7.90. The minimum Gasteiger partial charge on any atom is -0.355 e. The predicted molar refractivity (Wildman–Crippen MR) is 50.3 cm³/mol. The Labute approximate surface area is 73.6 Å². The van der Waals surface area contributed by atoms with Gasteiger partial charge in [0.25, 0.3) is 0 Å². The standard InChI is InChI=1S/C9H17N3/c1-9(4-2-3-5-9)12-8-10-6-7-11-8/h2-7H2,1H3,(H2,10,11,12). The smallest absolute Gasteiger partial charge is 0.191 e. The molecule has 0 bridgehead atoms. The van der Waals surface area contributed by atoms with Crippen LogP contribution in [-0.2, 0) is 0 Å². The minimum absolute atomic E-state index is 0.316. The number of nitrogens with zero attached hydrogens (tertiary/aromatic N) is 1. The van der Waals surface area contributed by atoms with Gasteiger partial charge in [-0.1, -0.05) is 12.8 Å². The van der Waals surface area contributed by atoms with Crippen LogP contribution in [0, 0.1) is 0 Å². The van der Waals surface area contributed by atoms with E-state index in [1.54, 1.807) is 0 Å². The van der Waals surface area contributed by atoms with Gasteiger partial charge >= 0.3 is 0 Å². The van der Waals surface area contributed by atoms with Gasteiger partial charge in [-0.05, 0) is 19.8 Å². The molecule has 68 valence electrons. The van der Waals surface area contributed by atoms with E-state index in [4.69, 9.17) is 0 Å². The largest absolute Gasteiger partial charge is 0.355 e. The van der Waals surface area contributed by atoms with Crippen molar-refractivity contribution in [2.45, 2.75) is 38.1 Å². The highest BCUT2D eigenvalue weighted by molar-refractivity contribution is 5.81. The van der Waals surface area contributed by atoms with Crippen molar-refractivity contribution in [2.24, 2.45) is 4.99 Å². The van der Waals surface area contributed by atoms with Crippen LogP contribution in [-0.4, -0.2) is 24.6 Å². The third-order valence-electron chi connectivity index (χ3n) is 2.80. The predicted octanol–water partition coefficient (Wildman–Crippen LogP) is 0.868. The van der Waals surface area contributed by atoms with Gasteiger partial charge in [0.1, 0.15) is 0 Å². The molecule has 1 aliphatic heterocycles. The summed E-state index contributed by atoms with van der Waals surface area (Å²) in [6, 6.07) is 0. The highest BCUT2D eigenvalue weighted by Gasteiger charge is 2.29. The van der Waals surface area contributed by atoms with Crippen LogP contribution < -0.4 is 10.6 Å². The van der Waals surface area contributed by atoms with Gasteiger partial charge in [0.05, 0.1) is 6.54 Å². The van der Waals surface area contributed by atoms with E-state index in [9.17, 15) is 0 Å². The van der Waals surface area contributed by atoms with E-state index in [1.807, 2.05) is 0 Å². The van der Waals surface area contributed by atoms with Crippen LogP contribution in [0.2, 0.25) is 0 Å². The molecular weight excluding hydrogens is 150 g/mol. The van der Waals surface area contributed by atoms with E-state index in [1.165, 1.54) is 25.7 Å². The number of rotatable bonds is 1. The van der Waals surface area contributed by atoms with Gasteiger partial charge < -0.3 is 10.6 Å². The average molecular weight is 167 g/mol. The number of guanidine groups is 1. The Morgan fingerprint density at radius 3 is 2.75 bits per heavy atom. The summed E-state index contributed by atoms with van der Waals surface area (Å²) >= 11 is 0. The number of hydrogen-bond donors (Lipinski definition) is 2. The van der Waals surface area contributed by atoms with Gasteiger partial charge in [-0.2, -0.15) is 0 Å². The fourth-order valence-corrected chi connectivity index (χ4v) is 2.05. The third kappa shape index (κ3) is 1.54. The van der Waals surface area contributed by atoms with Crippen molar-refractivity contribution in [1.82, 2.24) is 10.6 Å². The molecule has 0 aromatic rings. The van der Waals surface area contributed by atoms with Crippen molar-refractivity contribution >= 4 is 5.96 Å². The molecule has 3 nitrogen and oxygen atoms in total. The first-order valence-corrected chi connectivity index (χ1v) is 4.85. The Kier molecular flexibility index (Phi) is 1.95. The molecule has 2 N–H and O–H groups in total. The fraction of sp³-hybridized carbons (Fsp3) is 0.889. The summed E-state index contributed by atoms with van der Waals surface area (Å²) in [6.45, 7) is 4.22. The molecule has 2 rings (SSSR count). The van der Waals surface area contributed by atoms with E-state index in [2.05, 4.69) is 22.5 Å². The molecule has 3 heteroatoms. The second-order valence-corrected chi connectivity index (χ2v) is 4.05. The second-order valence-electron chi connectivity index (χ2n) is 4.05. The zero-order valence-corrected chi connectivity index (χ0v) is 7.69. The van der Waals surface area contributed by atoms with Crippen LogP contribution in [0.1, 0.15) is 32.6 Å². The fourth-order valence-electron chi connectivity index (χ4n) is 2.05. The van der Waals surface area contributed by atoms with E-state index in [0.717, 1.165) is 19.0 Å². The number of nitrogens with one attached hydrogen (secondary N) is 2. The van der Waals surface area contributed by atoms with Gasteiger partial charge in [-0.3, -0.25) is 4.99 Å². The van der Waals surface area contributed by atoms with Crippen molar-refractivity contribution in [2.75, 3.05) is 13.1 Å². The van der Waals surface area contributed by atoms with Crippen molar-refractivity contribution in [3.8, 4) is 0 Å². The summed E-state index contributed by atoms with van der Waals surface area (Å²) in [5.41, 5.74) is 0.316. The van der Waals surface area contributed by atoms with Crippen LogP contribution >= 0.6 is 0 Å². The molecule has 0 amide bonds. The third-order valence-corrected chi connectivity index (χ3v) is 2.80. The van der Waals surface area contributed by atoms with Gasteiger partial charge in [0.2, 0.25) is 0 Å². The quantitative estimate of drug-likeness (QED) is 0.608. The molecular formula is C9H17N3. The lowest BCUT2D eigenvalue weighted by Gasteiger charge is -2.26. The molecule has 12 heavy (non-hydrogen) atoms. The zero-order chi connectivity index (χ0) is 8.44. The van der Waals surface area contributed by atoms with E-state index >= 15 is 0 Å². The summed E-state index contributed by atoms with van der Waals surface area (Å²) < 4.78 is 0. The van der Waals surface area contributed by atoms with E-state index in [0.29, 0.717) is 5.54 Å². The van der Waals surface area contributed by atoms with E-state index < -0.39 is 0 Å². The molecule has 0 spiro atoms. The Bertz CT molecular complexity index is 192. The number of aliphatic imine (C=N–C) groups is 1. The molecule has 1 saturated carbocycles. The van der Waals surface area contributed by atoms with Gasteiger partial charge in [0.15, 0.2) is 5.96 Å². The second kappa shape index (κ2) is 2.96. The maximum Gasteiger partial charge on any atom is 0.191 e. The van der Waals surface area contributed by atoms with Gasteiger partial charge in [0, 0.05) is 12.1 Å². The first-order valence-electron chi connectivity index (χ1n) is 4.85. The van der Waals surface area contributed by atoms with Crippen molar-refractivity contribution in [1.29, 1.82) is 0 Å². The molecule has 0 unspecified atom stereocenters. The Morgan fingerprint density at radius 2 is 2.17 bits per heavy atom. The number of hydrogen-bond acceptors (Lipinski definition) is 3. The molecule has 1 heterocycles. The molecule has 1 aliphatic carbocycles. The van der Waals surface area contributed by atoms with Crippen LogP contribution in [0.5, 0.6) is 0 Å². The van der Waals surface area contributed by atoms with Crippen molar-refractivity contribution < 1.29 is 0 Å².